The van der Waals surface area contributed by atoms with Crippen LogP contribution in [-0.4, -0.2) is 38.1 Å². The largest absolute Gasteiger partial charge is 0.484 e. The topological polar surface area (TPSA) is 79.5 Å². The molecule has 0 aliphatic rings. The number of rotatable bonds is 7. The Hall–Kier alpha value is -2.08. The number of anilines is 1. The van der Waals surface area contributed by atoms with E-state index in [1.54, 1.807) is 31.3 Å². The number of hydrogen-bond acceptors (Lipinski definition) is 4. The molecule has 6 nitrogen and oxygen atoms in total. The first-order chi connectivity index (χ1) is 9.51. The number of nitrogens with one attached hydrogen (secondary N) is 3. The summed E-state index contributed by atoms with van der Waals surface area (Å²) >= 11 is 0. The summed E-state index contributed by atoms with van der Waals surface area (Å²) in [6, 6.07) is 7.18. The minimum Gasteiger partial charge on any atom is -0.484 e. The highest BCUT2D eigenvalue weighted by Crippen LogP contribution is 2.17. The third-order valence-electron chi connectivity index (χ3n) is 2.44. The standard InChI is InChI=1S/C14H21N3O3/c1-10(2)16-8-13(18)17-11-5-4-6-12(7-11)20-9-14(19)15-3/h4-7,10,16H,8-9H2,1-3H3,(H,15,19)(H,17,18). The van der Waals surface area contributed by atoms with Crippen molar-refractivity contribution < 1.29 is 14.3 Å². The van der Waals surface area contributed by atoms with Gasteiger partial charge < -0.3 is 20.7 Å². The van der Waals surface area contributed by atoms with Gasteiger partial charge in [0.2, 0.25) is 5.91 Å². The second-order valence-corrected chi connectivity index (χ2v) is 4.57. The number of carbonyl (C=O) groups is 2. The lowest BCUT2D eigenvalue weighted by Gasteiger charge is -2.10. The molecule has 0 spiro atoms. The maximum atomic E-state index is 11.7. The van der Waals surface area contributed by atoms with Crippen molar-refractivity contribution in [2.24, 2.45) is 0 Å². The molecular weight excluding hydrogens is 258 g/mol. The average molecular weight is 279 g/mol. The number of likely N-dealkylation sites (N-methyl/N-ethyl adjacent to an activating group) is 1. The van der Waals surface area contributed by atoms with Crippen LogP contribution in [0.2, 0.25) is 0 Å². The zero-order valence-electron chi connectivity index (χ0n) is 12.0. The van der Waals surface area contributed by atoms with Gasteiger partial charge in [0.05, 0.1) is 6.54 Å². The third kappa shape index (κ3) is 6.19. The number of benzene rings is 1. The van der Waals surface area contributed by atoms with Crippen molar-refractivity contribution in [3.05, 3.63) is 24.3 Å². The fourth-order valence-corrected chi connectivity index (χ4v) is 1.39. The number of hydrogen-bond donors (Lipinski definition) is 3. The first kappa shape index (κ1) is 16.0. The molecule has 3 N–H and O–H groups in total. The molecular formula is C14H21N3O3. The van der Waals surface area contributed by atoms with Crippen LogP contribution in [-0.2, 0) is 9.59 Å². The second kappa shape index (κ2) is 8.16. The van der Waals surface area contributed by atoms with Crippen molar-refractivity contribution in [3.8, 4) is 5.75 Å². The van der Waals surface area contributed by atoms with Crippen molar-refractivity contribution in [2.75, 3.05) is 25.5 Å². The van der Waals surface area contributed by atoms with Crippen molar-refractivity contribution in [2.45, 2.75) is 19.9 Å². The summed E-state index contributed by atoms with van der Waals surface area (Å²) in [5.41, 5.74) is 0.634. The summed E-state index contributed by atoms with van der Waals surface area (Å²) in [4.78, 5) is 22.7. The van der Waals surface area contributed by atoms with Crippen LogP contribution in [0, 0.1) is 0 Å². The molecule has 2 amide bonds. The molecule has 0 saturated carbocycles. The predicted molar refractivity (Wildman–Crippen MR) is 77.8 cm³/mol. The Balaban J connectivity index is 2.50. The summed E-state index contributed by atoms with van der Waals surface area (Å²) in [7, 11) is 1.55. The maximum Gasteiger partial charge on any atom is 0.257 e. The van der Waals surface area contributed by atoms with E-state index >= 15 is 0 Å². The van der Waals surface area contributed by atoms with Crippen LogP contribution >= 0.6 is 0 Å². The van der Waals surface area contributed by atoms with E-state index in [-0.39, 0.29) is 31.0 Å². The third-order valence-corrected chi connectivity index (χ3v) is 2.44. The van der Waals surface area contributed by atoms with Gasteiger partial charge in [0.25, 0.3) is 5.91 Å². The Labute approximate surface area is 118 Å². The predicted octanol–water partition coefficient (Wildman–Crippen LogP) is 0.748. The quantitative estimate of drug-likeness (QED) is 0.688. The van der Waals surface area contributed by atoms with E-state index in [1.807, 2.05) is 13.8 Å². The molecule has 0 heterocycles. The van der Waals surface area contributed by atoms with Crippen LogP contribution in [0.25, 0.3) is 0 Å². The van der Waals surface area contributed by atoms with Gasteiger partial charge in [-0.3, -0.25) is 9.59 Å². The molecule has 0 radical (unpaired) electrons. The summed E-state index contributed by atoms with van der Waals surface area (Å²) in [6.45, 7) is 4.14. The summed E-state index contributed by atoms with van der Waals surface area (Å²) in [5, 5.41) is 8.26. The van der Waals surface area contributed by atoms with E-state index in [0.29, 0.717) is 11.4 Å². The highest BCUT2D eigenvalue weighted by molar-refractivity contribution is 5.92. The molecule has 0 aliphatic heterocycles. The molecule has 20 heavy (non-hydrogen) atoms. The lowest BCUT2D eigenvalue weighted by Crippen LogP contribution is -2.32. The van der Waals surface area contributed by atoms with Crippen molar-refractivity contribution in [3.63, 3.8) is 0 Å². The lowest BCUT2D eigenvalue weighted by atomic mass is 10.3. The SMILES string of the molecule is CNC(=O)COc1cccc(NC(=O)CNC(C)C)c1. The van der Waals surface area contributed by atoms with Crippen molar-refractivity contribution in [1.29, 1.82) is 0 Å². The van der Waals surface area contributed by atoms with Gasteiger partial charge in [0.15, 0.2) is 6.61 Å². The van der Waals surface area contributed by atoms with Gasteiger partial charge in [-0.15, -0.1) is 0 Å². The maximum absolute atomic E-state index is 11.7. The molecule has 110 valence electrons. The van der Waals surface area contributed by atoms with Gasteiger partial charge in [-0.25, -0.2) is 0 Å². The Bertz CT molecular complexity index is 461. The van der Waals surface area contributed by atoms with Crippen molar-refractivity contribution in [1.82, 2.24) is 10.6 Å². The molecule has 0 fully saturated rings. The van der Waals surface area contributed by atoms with E-state index in [9.17, 15) is 9.59 Å². The average Bonchev–Trinajstić information content (AvgIpc) is 2.43. The zero-order valence-corrected chi connectivity index (χ0v) is 12.0. The first-order valence-electron chi connectivity index (χ1n) is 6.48. The molecule has 0 aromatic heterocycles. The zero-order chi connectivity index (χ0) is 15.0. The summed E-state index contributed by atoms with van der Waals surface area (Å²) < 4.78 is 5.30. The fourth-order valence-electron chi connectivity index (χ4n) is 1.39. The first-order valence-corrected chi connectivity index (χ1v) is 6.48. The Kier molecular flexibility index (Phi) is 6.52. The molecule has 1 rings (SSSR count). The molecule has 0 bridgehead atoms. The lowest BCUT2D eigenvalue weighted by molar-refractivity contribution is -0.122. The van der Waals surface area contributed by atoms with E-state index in [1.165, 1.54) is 0 Å². The Morgan fingerprint density at radius 3 is 2.65 bits per heavy atom. The van der Waals surface area contributed by atoms with E-state index in [0.717, 1.165) is 0 Å². The fraction of sp³-hybridized carbons (Fsp3) is 0.429. The van der Waals surface area contributed by atoms with Crippen LogP contribution in [0.15, 0.2) is 24.3 Å². The monoisotopic (exact) mass is 279 g/mol. The van der Waals surface area contributed by atoms with E-state index in [4.69, 9.17) is 4.74 Å². The molecule has 1 aromatic rings. The van der Waals surface area contributed by atoms with Gasteiger partial charge in [-0.05, 0) is 12.1 Å². The second-order valence-electron chi connectivity index (χ2n) is 4.57. The van der Waals surface area contributed by atoms with Crippen LogP contribution in [0.1, 0.15) is 13.8 Å². The van der Waals surface area contributed by atoms with Gasteiger partial charge in [-0.1, -0.05) is 19.9 Å². The minimum atomic E-state index is -0.208. The van der Waals surface area contributed by atoms with Crippen LogP contribution in [0.5, 0.6) is 5.75 Å². The van der Waals surface area contributed by atoms with Gasteiger partial charge in [0.1, 0.15) is 5.75 Å². The molecule has 6 heteroatoms. The Morgan fingerprint density at radius 1 is 1.25 bits per heavy atom. The van der Waals surface area contributed by atoms with Crippen LogP contribution < -0.4 is 20.7 Å². The van der Waals surface area contributed by atoms with Gasteiger partial charge in [-0.2, -0.15) is 0 Å². The normalized spacial score (nSPS) is 10.2. The van der Waals surface area contributed by atoms with E-state index in [2.05, 4.69) is 16.0 Å². The highest BCUT2D eigenvalue weighted by atomic mass is 16.5. The van der Waals surface area contributed by atoms with Crippen LogP contribution in [0.3, 0.4) is 0 Å². The number of amides is 2. The highest BCUT2D eigenvalue weighted by Gasteiger charge is 2.05. The van der Waals surface area contributed by atoms with E-state index < -0.39 is 0 Å². The van der Waals surface area contributed by atoms with Crippen molar-refractivity contribution >= 4 is 17.5 Å². The molecule has 0 saturated heterocycles. The van der Waals surface area contributed by atoms with Crippen LogP contribution in [0.4, 0.5) is 5.69 Å². The Morgan fingerprint density at radius 2 is 2.00 bits per heavy atom. The smallest absolute Gasteiger partial charge is 0.257 e. The molecule has 0 unspecified atom stereocenters. The van der Waals surface area contributed by atoms with Gasteiger partial charge >= 0.3 is 0 Å². The number of carbonyl (C=O) groups excluding carboxylic acids is 2. The molecule has 1 aromatic carbocycles. The summed E-state index contributed by atoms with van der Waals surface area (Å²) in [5.74, 6) is 0.200. The minimum absolute atomic E-state index is 0.0528. The number of ether oxygens (including phenoxy) is 1. The molecule has 0 aliphatic carbocycles. The van der Waals surface area contributed by atoms with Gasteiger partial charge in [0, 0.05) is 24.8 Å². The molecule has 0 atom stereocenters. The summed E-state index contributed by atoms with van der Waals surface area (Å²) in [6.07, 6.45) is 0.